The first-order valence-electron chi connectivity index (χ1n) is 10.7. The summed E-state index contributed by atoms with van der Waals surface area (Å²) in [5, 5.41) is 2.98. The fourth-order valence-electron chi connectivity index (χ4n) is 4.10. The third-order valence-corrected chi connectivity index (χ3v) is 5.73. The Kier molecular flexibility index (Phi) is 6.72. The minimum absolute atomic E-state index is 0.0155. The van der Waals surface area contributed by atoms with Crippen LogP contribution in [0.3, 0.4) is 0 Å². The molecule has 0 saturated carbocycles. The van der Waals surface area contributed by atoms with Gasteiger partial charge in [-0.2, -0.15) is 0 Å². The molecule has 1 N–H and O–H groups in total. The van der Waals surface area contributed by atoms with Crippen LogP contribution in [0.25, 0.3) is 0 Å². The van der Waals surface area contributed by atoms with Gasteiger partial charge in [0, 0.05) is 19.0 Å². The van der Waals surface area contributed by atoms with Gasteiger partial charge in [0.05, 0.1) is 32.4 Å². The van der Waals surface area contributed by atoms with Crippen LogP contribution in [0.15, 0.2) is 42.5 Å². The molecular weight excluding hydrogens is 396 g/mol. The lowest BCUT2D eigenvalue weighted by Crippen LogP contribution is -2.36. The van der Waals surface area contributed by atoms with Crippen LogP contribution in [0.4, 0.5) is 0 Å². The summed E-state index contributed by atoms with van der Waals surface area (Å²) in [4.78, 5) is 26.3. The van der Waals surface area contributed by atoms with E-state index in [0.29, 0.717) is 31.9 Å². The summed E-state index contributed by atoms with van der Waals surface area (Å²) in [6.45, 7) is 2.99. The lowest BCUT2D eigenvalue weighted by Gasteiger charge is -2.25. The van der Waals surface area contributed by atoms with Gasteiger partial charge in [-0.3, -0.25) is 9.69 Å². The molecule has 2 aromatic rings. The first-order chi connectivity index (χ1) is 15.1. The van der Waals surface area contributed by atoms with Gasteiger partial charge in [0.15, 0.2) is 11.5 Å². The number of amides is 1. The minimum atomic E-state index is -0.370. The molecule has 2 heterocycles. The van der Waals surface area contributed by atoms with Crippen molar-refractivity contribution in [2.45, 2.75) is 31.8 Å². The SMILES string of the molecule is COC(=O)c1ccc(CNC(=O)CN2CCC[C@@H]2c2ccc3c(c2)OCCCO3)cc1. The Hall–Kier alpha value is -3.06. The van der Waals surface area contributed by atoms with Gasteiger partial charge < -0.3 is 19.5 Å². The van der Waals surface area contributed by atoms with E-state index in [1.54, 1.807) is 12.1 Å². The number of fused-ring (bicyclic) bond motifs is 1. The van der Waals surface area contributed by atoms with E-state index in [4.69, 9.17) is 14.2 Å². The number of nitrogens with zero attached hydrogens (tertiary/aromatic N) is 1. The molecule has 7 heteroatoms. The van der Waals surface area contributed by atoms with Crippen LogP contribution < -0.4 is 14.8 Å². The zero-order chi connectivity index (χ0) is 21.6. The Morgan fingerprint density at radius 1 is 1.06 bits per heavy atom. The molecule has 31 heavy (non-hydrogen) atoms. The van der Waals surface area contributed by atoms with Crippen LogP contribution >= 0.6 is 0 Å². The van der Waals surface area contributed by atoms with E-state index in [0.717, 1.165) is 48.4 Å². The zero-order valence-corrected chi connectivity index (χ0v) is 17.8. The van der Waals surface area contributed by atoms with Crippen molar-refractivity contribution in [3.63, 3.8) is 0 Å². The standard InChI is InChI=1S/C24H28N2O5/c1-29-24(28)18-7-5-17(6-8-18)15-25-23(27)16-26-11-2-4-20(26)19-9-10-21-22(14-19)31-13-3-12-30-21/h5-10,14,20H,2-4,11-13,15-16H2,1H3,(H,25,27)/t20-/m1/s1. The van der Waals surface area contributed by atoms with E-state index >= 15 is 0 Å². The molecule has 0 unspecified atom stereocenters. The van der Waals surface area contributed by atoms with Crippen LogP contribution in [0.5, 0.6) is 11.5 Å². The summed E-state index contributed by atoms with van der Waals surface area (Å²) in [6, 6.07) is 13.4. The molecule has 4 rings (SSSR count). The lowest BCUT2D eigenvalue weighted by molar-refractivity contribution is -0.122. The van der Waals surface area contributed by atoms with Crippen molar-refractivity contribution in [3.05, 3.63) is 59.2 Å². The van der Waals surface area contributed by atoms with Crippen LogP contribution in [0, 0.1) is 0 Å². The lowest BCUT2D eigenvalue weighted by atomic mass is 10.0. The molecule has 7 nitrogen and oxygen atoms in total. The van der Waals surface area contributed by atoms with Gasteiger partial charge in [-0.1, -0.05) is 18.2 Å². The number of esters is 1. The van der Waals surface area contributed by atoms with Crippen LogP contribution in [0.2, 0.25) is 0 Å². The van der Waals surface area contributed by atoms with Crippen molar-refractivity contribution in [3.8, 4) is 11.5 Å². The van der Waals surface area contributed by atoms with E-state index in [1.807, 2.05) is 18.2 Å². The largest absolute Gasteiger partial charge is 0.490 e. The average Bonchev–Trinajstić information content (AvgIpc) is 3.12. The van der Waals surface area contributed by atoms with Crippen LogP contribution in [-0.4, -0.2) is 50.2 Å². The van der Waals surface area contributed by atoms with Crippen molar-refractivity contribution in [2.75, 3.05) is 33.4 Å². The molecule has 2 aromatic carbocycles. The third kappa shape index (κ3) is 5.17. The highest BCUT2D eigenvalue weighted by Crippen LogP contribution is 2.37. The van der Waals surface area contributed by atoms with Gasteiger partial charge in [0.2, 0.25) is 5.91 Å². The predicted molar refractivity (Wildman–Crippen MR) is 115 cm³/mol. The van der Waals surface area contributed by atoms with Crippen molar-refractivity contribution in [1.29, 1.82) is 0 Å². The molecule has 1 fully saturated rings. The topological polar surface area (TPSA) is 77.1 Å². The molecule has 164 valence electrons. The number of nitrogens with one attached hydrogen (secondary N) is 1. The molecule has 0 spiro atoms. The number of ether oxygens (including phenoxy) is 3. The van der Waals surface area contributed by atoms with Crippen molar-refractivity contribution < 1.29 is 23.8 Å². The number of likely N-dealkylation sites (tertiary alicyclic amines) is 1. The molecular formula is C24H28N2O5. The Morgan fingerprint density at radius 3 is 2.61 bits per heavy atom. The Labute approximate surface area is 182 Å². The fourth-order valence-corrected chi connectivity index (χ4v) is 4.10. The molecule has 1 atom stereocenters. The van der Waals surface area contributed by atoms with Gasteiger partial charge in [-0.05, 0) is 54.8 Å². The Bertz CT molecular complexity index is 928. The van der Waals surface area contributed by atoms with E-state index in [9.17, 15) is 9.59 Å². The molecule has 0 bridgehead atoms. The minimum Gasteiger partial charge on any atom is -0.490 e. The second-order valence-corrected chi connectivity index (χ2v) is 7.85. The first kappa shape index (κ1) is 21.2. The quantitative estimate of drug-likeness (QED) is 0.718. The van der Waals surface area contributed by atoms with Gasteiger partial charge >= 0.3 is 5.97 Å². The molecule has 1 amide bonds. The number of rotatable bonds is 6. The Balaban J connectivity index is 1.33. The van der Waals surface area contributed by atoms with Crippen LogP contribution in [0.1, 0.15) is 46.8 Å². The summed E-state index contributed by atoms with van der Waals surface area (Å²) in [5.41, 5.74) is 2.59. The summed E-state index contributed by atoms with van der Waals surface area (Å²) < 4.78 is 16.3. The number of hydrogen-bond donors (Lipinski definition) is 1. The van der Waals surface area contributed by atoms with E-state index in [1.165, 1.54) is 7.11 Å². The van der Waals surface area contributed by atoms with E-state index < -0.39 is 0 Å². The maximum absolute atomic E-state index is 12.6. The Morgan fingerprint density at radius 2 is 1.84 bits per heavy atom. The number of hydrogen-bond acceptors (Lipinski definition) is 6. The van der Waals surface area contributed by atoms with Gasteiger partial charge in [-0.25, -0.2) is 4.79 Å². The van der Waals surface area contributed by atoms with E-state index in [2.05, 4.69) is 22.3 Å². The van der Waals surface area contributed by atoms with Crippen LogP contribution in [-0.2, 0) is 16.1 Å². The molecule has 0 aromatic heterocycles. The van der Waals surface area contributed by atoms with Gasteiger partial charge in [0.1, 0.15) is 0 Å². The monoisotopic (exact) mass is 424 g/mol. The average molecular weight is 424 g/mol. The summed E-state index contributed by atoms with van der Waals surface area (Å²) in [6.07, 6.45) is 2.95. The summed E-state index contributed by atoms with van der Waals surface area (Å²) in [5.74, 6) is 1.20. The highest BCUT2D eigenvalue weighted by atomic mass is 16.5. The summed E-state index contributed by atoms with van der Waals surface area (Å²) in [7, 11) is 1.36. The highest BCUT2D eigenvalue weighted by Gasteiger charge is 2.28. The van der Waals surface area contributed by atoms with Crippen molar-refractivity contribution in [2.24, 2.45) is 0 Å². The fraction of sp³-hybridized carbons (Fsp3) is 0.417. The maximum Gasteiger partial charge on any atom is 0.337 e. The zero-order valence-electron chi connectivity index (χ0n) is 17.8. The molecule has 0 aliphatic carbocycles. The maximum atomic E-state index is 12.6. The molecule has 0 radical (unpaired) electrons. The predicted octanol–water partition coefficient (Wildman–Crippen LogP) is 3.09. The first-order valence-corrected chi connectivity index (χ1v) is 10.7. The normalized spacial score (nSPS) is 18.3. The molecule has 2 aliphatic heterocycles. The second-order valence-electron chi connectivity index (χ2n) is 7.85. The van der Waals surface area contributed by atoms with Crippen molar-refractivity contribution >= 4 is 11.9 Å². The second kappa shape index (κ2) is 9.83. The molecule has 2 aliphatic rings. The number of benzene rings is 2. The van der Waals surface area contributed by atoms with Gasteiger partial charge in [-0.15, -0.1) is 0 Å². The smallest absolute Gasteiger partial charge is 0.337 e. The number of carbonyl (C=O) groups is 2. The number of methoxy groups -OCH3 is 1. The van der Waals surface area contributed by atoms with Crippen molar-refractivity contribution in [1.82, 2.24) is 10.2 Å². The van der Waals surface area contributed by atoms with E-state index in [-0.39, 0.29) is 17.9 Å². The highest BCUT2D eigenvalue weighted by molar-refractivity contribution is 5.89. The number of carbonyl (C=O) groups excluding carboxylic acids is 2. The van der Waals surface area contributed by atoms with Gasteiger partial charge in [0.25, 0.3) is 0 Å². The molecule has 1 saturated heterocycles. The summed E-state index contributed by atoms with van der Waals surface area (Å²) >= 11 is 0. The third-order valence-electron chi connectivity index (χ3n) is 5.73.